The van der Waals surface area contributed by atoms with E-state index in [1.807, 2.05) is 6.07 Å². The molecule has 2 heterocycles. The summed E-state index contributed by atoms with van der Waals surface area (Å²) in [6.45, 7) is 0. The van der Waals surface area contributed by atoms with Crippen LogP contribution in [0.4, 0.5) is 0 Å². The molecule has 1 N–H and O–H groups in total. The van der Waals surface area contributed by atoms with Crippen LogP contribution in [0.3, 0.4) is 0 Å². The van der Waals surface area contributed by atoms with Crippen molar-refractivity contribution < 1.29 is 4.42 Å². The third-order valence-electron chi connectivity index (χ3n) is 12.1. The predicted molar refractivity (Wildman–Crippen MR) is 246 cm³/mol. The van der Waals surface area contributed by atoms with E-state index >= 15 is 0 Å². The quantitative estimate of drug-likeness (QED) is 0.178. The zero-order valence-corrected chi connectivity index (χ0v) is 32.2. The molecule has 4 nitrogen and oxygen atoms in total. The molecule has 0 bridgehead atoms. The molecular formula is C55H37N3O. The molecule has 1 aliphatic carbocycles. The summed E-state index contributed by atoms with van der Waals surface area (Å²) >= 11 is 0. The van der Waals surface area contributed by atoms with Crippen LogP contribution >= 0.6 is 0 Å². The molecule has 0 spiro atoms. The van der Waals surface area contributed by atoms with Crippen LogP contribution < -0.4 is 16.0 Å². The maximum absolute atomic E-state index is 6.72. The number of hydrogen-bond acceptors (Lipinski definition) is 4. The average Bonchev–Trinajstić information content (AvgIpc) is 3.70. The molecule has 1 aliphatic heterocycles. The number of hydrogen-bond donors (Lipinski definition) is 1. The Morgan fingerprint density at radius 3 is 1.85 bits per heavy atom. The van der Waals surface area contributed by atoms with Gasteiger partial charge in [0.15, 0.2) is 6.17 Å². The summed E-state index contributed by atoms with van der Waals surface area (Å²) in [4.78, 5) is 10.7. The number of benzene rings is 9. The smallest absolute Gasteiger partial charge is 0.169 e. The van der Waals surface area contributed by atoms with Gasteiger partial charge in [-0.05, 0) is 115 Å². The minimum Gasteiger partial charge on any atom is -0.456 e. The van der Waals surface area contributed by atoms with Gasteiger partial charge in [0.05, 0.1) is 0 Å². The largest absolute Gasteiger partial charge is 0.456 e. The van der Waals surface area contributed by atoms with Gasteiger partial charge < -0.3 is 9.73 Å². The van der Waals surface area contributed by atoms with E-state index in [1.165, 1.54) is 48.3 Å². The number of furan rings is 1. The number of nitrogens with one attached hydrogen (secondary N) is 1. The molecule has 278 valence electrons. The van der Waals surface area contributed by atoms with Gasteiger partial charge >= 0.3 is 0 Å². The van der Waals surface area contributed by atoms with Gasteiger partial charge in [0.25, 0.3) is 0 Å². The van der Waals surface area contributed by atoms with E-state index in [-0.39, 0.29) is 0 Å². The average molecular weight is 756 g/mol. The molecule has 2 aliphatic rings. The highest BCUT2D eigenvalue weighted by Crippen LogP contribution is 2.40. The summed E-state index contributed by atoms with van der Waals surface area (Å²) < 4.78 is 6.72. The van der Waals surface area contributed by atoms with E-state index in [1.54, 1.807) is 0 Å². The molecule has 0 radical (unpaired) electrons. The van der Waals surface area contributed by atoms with Crippen molar-refractivity contribution in [1.82, 2.24) is 5.32 Å². The van der Waals surface area contributed by atoms with Crippen molar-refractivity contribution >= 4 is 77.9 Å². The summed E-state index contributed by atoms with van der Waals surface area (Å²) in [6.07, 6.45) is 6.00. The Labute approximate surface area is 340 Å². The lowest BCUT2D eigenvalue weighted by Crippen LogP contribution is -2.36. The molecule has 0 fully saturated rings. The Morgan fingerprint density at radius 1 is 0.441 bits per heavy atom. The molecule has 1 aromatic heterocycles. The third kappa shape index (κ3) is 5.67. The van der Waals surface area contributed by atoms with Crippen molar-refractivity contribution in [3.63, 3.8) is 0 Å². The first-order chi connectivity index (χ1) is 29.2. The van der Waals surface area contributed by atoms with Crippen LogP contribution in [0.25, 0.3) is 88.5 Å². The van der Waals surface area contributed by atoms with Gasteiger partial charge in [0.1, 0.15) is 22.7 Å². The SMILES string of the molecule is C1=c2oc3cc(C4N=C(c5ccccc5)NC(c5cccc(-c6ccc7ccccc7c6)c5)=N4)cc(-c4ccc5c6ccccc6c6ccccc6c5c4)c3c2=CCC1. The van der Waals surface area contributed by atoms with Crippen molar-refractivity contribution in [3.8, 4) is 22.3 Å². The molecule has 10 aromatic rings. The lowest BCUT2D eigenvalue weighted by atomic mass is 9.90. The zero-order chi connectivity index (χ0) is 38.9. The van der Waals surface area contributed by atoms with Crippen LogP contribution in [-0.4, -0.2) is 11.7 Å². The topological polar surface area (TPSA) is 49.9 Å². The number of nitrogens with zero attached hydrogens (tertiary/aromatic N) is 2. The third-order valence-corrected chi connectivity index (χ3v) is 12.1. The van der Waals surface area contributed by atoms with Crippen LogP contribution in [0, 0.1) is 0 Å². The second-order valence-corrected chi connectivity index (χ2v) is 15.6. The maximum Gasteiger partial charge on any atom is 0.169 e. The van der Waals surface area contributed by atoms with Gasteiger partial charge in [0, 0.05) is 27.3 Å². The van der Waals surface area contributed by atoms with Gasteiger partial charge in [-0.3, -0.25) is 0 Å². The number of fused-ring (bicyclic) bond motifs is 10. The van der Waals surface area contributed by atoms with Crippen molar-refractivity contribution in [2.45, 2.75) is 19.0 Å². The van der Waals surface area contributed by atoms with Crippen molar-refractivity contribution in [2.24, 2.45) is 9.98 Å². The first kappa shape index (κ1) is 33.6. The molecular weight excluding hydrogens is 719 g/mol. The van der Waals surface area contributed by atoms with E-state index in [4.69, 9.17) is 14.4 Å². The zero-order valence-electron chi connectivity index (χ0n) is 32.2. The lowest BCUT2D eigenvalue weighted by Gasteiger charge is -2.23. The molecule has 0 amide bonds. The summed E-state index contributed by atoms with van der Waals surface area (Å²) in [7, 11) is 0. The second kappa shape index (κ2) is 13.5. The summed E-state index contributed by atoms with van der Waals surface area (Å²) in [5.74, 6) is 1.56. The summed E-state index contributed by atoms with van der Waals surface area (Å²) in [5, 5.41) is 15.9. The van der Waals surface area contributed by atoms with Crippen LogP contribution in [0.15, 0.2) is 190 Å². The molecule has 0 saturated heterocycles. The maximum atomic E-state index is 6.72. The number of aliphatic imine (C=N–C) groups is 2. The standard InChI is InChI=1S/C55H37N3O/c1-2-14-35(15-3-1)53-56-54(40-18-12-17-37(30-40)38-26-25-34-13-4-5-16-36(34)29-38)58-55(57-53)41-32-48(52-47-23-10-11-24-50(47)59-51(52)33-41)39-27-28-46-44-21-7-6-19-42(44)43-20-8-9-22-45(43)49(46)31-39/h1-9,12-33,55H,10-11H2,(H,56,57,58). The predicted octanol–water partition coefficient (Wildman–Crippen LogP) is 12.2. The monoisotopic (exact) mass is 755 g/mol. The molecule has 1 atom stereocenters. The molecule has 1 unspecified atom stereocenters. The molecule has 12 rings (SSSR count). The first-order valence-corrected chi connectivity index (χ1v) is 20.4. The Hall–Kier alpha value is -7.56. The minimum absolute atomic E-state index is 0.519. The fourth-order valence-electron chi connectivity index (χ4n) is 9.24. The van der Waals surface area contributed by atoms with Crippen molar-refractivity contribution in [1.29, 1.82) is 0 Å². The first-order valence-electron chi connectivity index (χ1n) is 20.4. The van der Waals surface area contributed by atoms with Crippen LogP contribution in [-0.2, 0) is 0 Å². The van der Waals surface area contributed by atoms with Gasteiger partial charge in [-0.1, -0.05) is 152 Å². The van der Waals surface area contributed by atoms with Crippen LogP contribution in [0.1, 0.15) is 35.7 Å². The Kier molecular flexibility index (Phi) is 7.70. The Morgan fingerprint density at radius 2 is 1.05 bits per heavy atom. The fourth-order valence-corrected chi connectivity index (χ4v) is 9.24. The fraction of sp³-hybridized carbons (Fsp3) is 0.0545. The lowest BCUT2D eigenvalue weighted by molar-refractivity contribution is 0.570. The Bertz CT molecular complexity index is 3500. The van der Waals surface area contributed by atoms with Crippen molar-refractivity contribution in [2.75, 3.05) is 0 Å². The highest BCUT2D eigenvalue weighted by Gasteiger charge is 2.24. The van der Waals surface area contributed by atoms with E-state index < -0.39 is 6.17 Å². The molecule has 59 heavy (non-hydrogen) atoms. The molecule has 0 saturated carbocycles. The minimum atomic E-state index is -0.519. The van der Waals surface area contributed by atoms with Gasteiger partial charge in [0.2, 0.25) is 0 Å². The highest BCUT2D eigenvalue weighted by atomic mass is 16.3. The van der Waals surface area contributed by atoms with Gasteiger partial charge in [-0.2, -0.15) is 0 Å². The normalized spacial score (nSPS) is 15.1. The van der Waals surface area contributed by atoms with Gasteiger partial charge in [-0.25, -0.2) is 9.98 Å². The van der Waals surface area contributed by atoms with E-state index in [9.17, 15) is 0 Å². The number of amidine groups is 2. The highest BCUT2D eigenvalue weighted by molar-refractivity contribution is 6.26. The van der Waals surface area contributed by atoms with E-state index in [0.717, 1.165) is 79.8 Å². The summed E-state index contributed by atoms with van der Waals surface area (Å²) in [5.41, 5.74) is 9.32. The molecule has 9 aromatic carbocycles. The Balaban J connectivity index is 1.05. The van der Waals surface area contributed by atoms with Gasteiger partial charge in [-0.15, -0.1) is 0 Å². The van der Waals surface area contributed by atoms with Crippen LogP contribution in [0.5, 0.6) is 0 Å². The van der Waals surface area contributed by atoms with E-state index in [0.29, 0.717) is 0 Å². The van der Waals surface area contributed by atoms with Crippen molar-refractivity contribution in [3.05, 3.63) is 203 Å². The second-order valence-electron chi connectivity index (χ2n) is 15.6. The number of rotatable bonds is 5. The van der Waals surface area contributed by atoms with E-state index in [2.05, 4.69) is 187 Å². The summed E-state index contributed by atoms with van der Waals surface area (Å²) in [6, 6.07) is 63.1. The molecule has 4 heteroatoms. The van der Waals surface area contributed by atoms with Crippen LogP contribution in [0.2, 0.25) is 0 Å².